The summed E-state index contributed by atoms with van der Waals surface area (Å²) in [7, 11) is 0. The largest absolute Gasteiger partial charge is 0.349 e. The third-order valence-corrected chi connectivity index (χ3v) is 2.29. The lowest BCUT2D eigenvalue weighted by Crippen LogP contribution is -2.29. The molecule has 0 spiro atoms. The molecule has 3 N–H and O–H groups in total. The van der Waals surface area contributed by atoms with Crippen LogP contribution in [0.15, 0.2) is 36.5 Å². The van der Waals surface area contributed by atoms with Crippen LogP contribution in [0, 0.1) is 0 Å². The van der Waals surface area contributed by atoms with Crippen molar-refractivity contribution >= 4 is 16.7 Å². The van der Waals surface area contributed by atoms with E-state index in [0.717, 1.165) is 10.8 Å². The number of aromatic nitrogens is 1. The Morgan fingerprint density at radius 3 is 2.81 bits per heavy atom. The highest BCUT2D eigenvalue weighted by molar-refractivity contribution is 5.96. The smallest absolute Gasteiger partial charge is 0.269 e. The van der Waals surface area contributed by atoms with Gasteiger partial charge in [-0.2, -0.15) is 0 Å². The second-order valence-corrected chi connectivity index (χ2v) is 3.46. The summed E-state index contributed by atoms with van der Waals surface area (Å²) in [5, 5.41) is 4.72. The van der Waals surface area contributed by atoms with Crippen LogP contribution in [-0.4, -0.2) is 24.0 Å². The number of fused-ring (bicyclic) bond motifs is 1. The first-order valence-corrected chi connectivity index (χ1v) is 5.14. The van der Waals surface area contributed by atoms with Crippen molar-refractivity contribution in [3.8, 4) is 0 Å². The van der Waals surface area contributed by atoms with Crippen molar-refractivity contribution < 1.29 is 4.79 Å². The van der Waals surface area contributed by atoms with Crippen LogP contribution in [0.2, 0.25) is 0 Å². The van der Waals surface area contributed by atoms with Gasteiger partial charge in [0.2, 0.25) is 0 Å². The molecule has 4 heteroatoms. The number of carbonyl (C=O) groups is 1. The predicted molar refractivity (Wildman–Crippen MR) is 63.1 cm³/mol. The molecule has 0 bridgehead atoms. The molecule has 2 rings (SSSR count). The third-order valence-electron chi connectivity index (χ3n) is 2.29. The van der Waals surface area contributed by atoms with Crippen LogP contribution in [-0.2, 0) is 0 Å². The molecular weight excluding hydrogens is 202 g/mol. The van der Waals surface area contributed by atoms with E-state index in [1.54, 1.807) is 12.3 Å². The summed E-state index contributed by atoms with van der Waals surface area (Å²) in [6.45, 7) is 0.895. The van der Waals surface area contributed by atoms with Crippen molar-refractivity contribution in [2.75, 3.05) is 13.1 Å². The Morgan fingerprint density at radius 2 is 2.06 bits per heavy atom. The molecule has 1 heterocycles. The normalized spacial score (nSPS) is 10.3. The molecule has 0 fully saturated rings. The average Bonchev–Trinajstić information content (AvgIpc) is 2.35. The molecule has 0 aliphatic carbocycles. The number of carbonyl (C=O) groups excluding carboxylic acids is 1. The van der Waals surface area contributed by atoms with Gasteiger partial charge in [0.25, 0.3) is 5.91 Å². The summed E-state index contributed by atoms with van der Waals surface area (Å²) in [4.78, 5) is 15.7. The highest BCUT2D eigenvalue weighted by Crippen LogP contribution is 2.12. The topological polar surface area (TPSA) is 68.0 Å². The number of nitrogens with one attached hydrogen (secondary N) is 1. The minimum atomic E-state index is -0.184. The molecule has 0 saturated carbocycles. The van der Waals surface area contributed by atoms with Gasteiger partial charge in [-0.25, -0.2) is 0 Å². The maximum Gasteiger partial charge on any atom is 0.269 e. The lowest BCUT2D eigenvalue weighted by molar-refractivity contribution is 0.0950. The van der Waals surface area contributed by atoms with Gasteiger partial charge in [-0.1, -0.05) is 24.3 Å². The summed E-state index contributed by atoms with van der Waals surface area (Å²) in [6.07, 6.45) is 1.70. The number of nitrogens with zero attached hydrogens (tertiary/aromatic N) is 1. The number of nitrogens with two attached hydrogens (primary N) is 1. The van der Waals surface area contributed by atoms with E-state index in [9.17, 15) is 4.79 Å². The maximum absolute atomic E-state index is 11.6. The van der Waals surface area contributed by atoms with Crippen molar-refractivity contribution in [2.24, 2.45) is 5.73 Å². The highest BCUT2D eigenvalue weighted by Gasteiger charge is 2.06. The van der Waals surface area contributed by atoms with Crippen LogP contribution < -0.4 is 11.1 Å². The standard InChI is InChI=1S/C12H13N3O/c13-5-6-14-12(16)11-7-9-3-1-2-4-10(9)8-15-11/h1-4,7-8H,5-6,13H2,(H,14,16). The van der Waals surface area contributed by atoms with E-state index in [0.29, 0.717) is 18.8 Å². The number of pyridine rings is 1. The van der Waals surface area contributed by atoms with E-state index in [1.807, 2.05) is 24.3 Å². The molecule has 0 aliphatic rings. The summed E-state index contributed by atoms with van der Waals surface area (Å²) in [6, 6.07) is 9.57. The van der Waals surface area contributed by atoms with Gasteiger partial charge in [0.05, 0.1) is 0 Å². The summed E-state index contributed by atoms with van der Waals surface area (Å²) in [5.41, 5.74) is 5.73. The summed E-state index contributed by atoms with van der Waals surface area (Å²) < 4.78 is 0. The highest BCUT2D eigenvalue weighted by atomic mass is 16.1. The van der Waals surface area contributed by atoms with E-state index >= 15 is 0 Å². The van der Waals surface area contributed by atoms with Crippen LogP contribution in [0.3, 0.4) is 0 Å². The Bertz CT molecular complexity index is 510. The summed E-state index contributed by atoms with van der Waals surface area (Å²) >= 11 is 0. The molecule has 1 amide bonds. The Hall–Kier alpha value is -1.94. The van der Waals surface area contributed by atoms with Gasteiger partial charge in [-0.3, -0.25) is 9.78 Å². The Labute approximate surface area is 93.5 Å². The fourth-order valence-electron chi connectivity index (χ4n) is 1.48. The second-order valence-electron chi connectivity index (χ2n) is 3.46. The van der Waals surface area contributed by atoms with Crippen molar-refractivity contribution in [2.45, 2.75) is 0 Å². The minimum absolute atomic E-state index is 0.184. The monoisotopic (exact) mass is 215 g/mol. The van der Waals surface area contributed by atoms with Gasteiger partial charge in [0.1, 0.15) is 5.69 Å². The third kappa shape index (κ3) is 2.17. The number of rotatable bonds is 3. The fraction of sp³-hybridized carbons (Fsp3) is 0.167. The molecule has 0 atom stereocenters. The number of hydrogen-bond donors (Lipinski definition) is 2. The first-order chi connectivity index (χ1) is 7.81. The van der Waals surface area contributed by atoms with Crippen LogP contribution in [0.5, 0.6) is 0 Å². The summed E-state index contributed by atoms with van der Waals surface area (Å²) in [5.74, 6) is -0.184. The zero-order chi connectivity index (χ0) is 11.4. The average molecular weight is 215 g/mol. The molecular formula is C12H13N3O. The first-order valence-electron chi connectivity index (χ1n) is 5.14. The van der Waals surface area contributed by atoms with E-state index < -0.39 is 0 Å². The van der Waals surface area contributed by atoms with Gasteiger partial charge < -0.3 is 11.1 Å². The molecule has 2 aromatic rings. The van der Waals surface area contributed by atoms with Crippen LogP contribution in [0.4, 0.5) is 0 Å². The van der Waals surface area contributed by atoms with Crippen LogP contribution in [0.25, 0.3) is 10.8 Å². The Balaban J connectivity index is 2.28. The molecule has 0 aliphatic heterocycles. The first kappa shape index (κ1) is 10.6. The van der Waals surface area contributed by atoms with Crippen molar-refractivity contribution in [3.63, 3.8) is 0 Å². The van der Waals surface area contributed by atoms with Crippen molar-refractivity contribution in [3.05, 3.63) is 42.2 Å². The molecule has 0 unspecified atom stereocenters. The zero-order valence-electron chi connectivity index (χ0n) is 8.81. The van der Waals surface area contributed by atoms with E-state index in [2.05, 4.69) is 10.3 Å². The molecule has 0 saturated heterocycles. The lowest BCUT2D eigenvalue weighted by Gasteiger charge is -2.03. The zero-order valence-corrected chi connectivity index (χ0v) is 8.81. The van der Waals surface area contributed by atoms with Crippen molar-refractivity contribution in [1.82, 2.24) is 10.3 Å². The van der Waals surface area contributed by atoms with E-state index in [4.69, 9.17) is 5.73 Å². The van der Waals surface area contributed by atoms with Crippen molar-refractivity contribution in [1.29, 1.82) is 0 Å². The lowest BCUT2D eigenvalue weighted by atomic mass is 10.1. The minimum Gasteiger partial charge on any atom is -0.349 e. The van der Waals surface area contributed by atoms with E-state index in [-0.39, 0.29) is 5.91 Å². The number of benzene rings is 1. The molecule has 0 radical (unpaired) electrons. The predicted octanol–water partition coefficient (Wildman–Crippen LogP) is 0.923. The molecule has 1 aromatic heterocycles. The Morgan fingerprint density at radius 1 is 1.31 bits per heavy atom. The quantitative estimate of drug-likeness (QED) is 0.800. The Kier molecular flexibility index (Phi) is 3.12. The van der Waals surface area contributed by atoms with Crippen LogP contribution >= 0.6 is 0 Å². The molecule has 16 heavy (non-hydrogen) atoms. The fourth-order valence-corrected chi connectivity index (χ4v) is 1.48. The molecule has 1 aromatic carbocycles. The maximum atomic E-state index is 11.6. The van der Waals surface area contributed by atoms with Gasteiger partial charge in [0.15, 0.2) is 0 Å². The van der Waals surface area contributed by atoms with Gasteiger partial charge in [-0.05, 0) is 11.5 Å². The van der Waals surface area contributed by atoms with Crippen LogP contribution in [0.1, 0.15) is 10.5 Å². The van der Waals surface area contributed by atoms with Gasteiger partial charge in [0, 0.05) is 24.7 Å². The number of hydrogen-bond acceptors (Lipinski definition) is 3. The molecule has 4 nitrogen and oxygen atoms in total. The molecule has 82 valence electrons. The van der Waals surface area contributed by atoms with Gasteiger partial charge in [-0.15, -0.1) is 0 Å². The SMILES string of the molecule is NCCNC(=O)c1cc2ccccc2cn1. The number of amides is 1. The van der Waals surface area contributed by atoms with Gasteiger partial charge >= 0.3 is 0 Å². The van der Waals surface area contributed by atoms with E-state index in [1.165, 1.54) is 0 Å². The second kappa shape index (κ2) is 4.72.